The Morgan fingerprint density at radius 3 is 2.90 bits per heavy atom. The summed E-state index contributed by atoms with van der Waals surface area (Å²) in [6.45, 7) is 1.94. The molecule has 2 aromatic heterocycles. The summed E-state index contributed by atoms with van der Waals surface area (Å²) in [4.78, 5) is 12.1. The Hall–Kier alpha value is -2.63. The topological polar surface area (TPSA) is 70.2 Å². The number of hydrogen-bond acceptors (Lipinski definition) is 5. The first-order chi connectivity index (χ1) is 10.3. The van der Waals surface area contributed by atoms with Gasteiger partial charge in [0.1, 0.15) is 11.7 Å². The van der Waals surface area contributed by atoms with Crippen LogP contribution in [0.2, 0.25) is 0 Å². The van der Waals surface area contributed by atoms with Gasteiger partial charge >= 0.3 is 5.97 Å². The van der Waals surface area contributed by atoms with Crippen LogP contribution in [0.4, 0.5) is 0 Å². The van der Waals surface area contributed by atoms with Crippen LogP contribution in [0.1, 0.15) is 19.4 Å². The second kappa shape index (κ2) is 5.40. The number of nitrogens with zero attached hydrogens (tertiary/aromatic N) is 3. The zero-order valence-corrected chi connectivity index (χ0v) is 11.8. The maximum absolute atomic E-state index is 12.1. The normalized spacial score (nSPS) is 12.5. The van der Waals surface area contributed by atoms with E-state index in [-0.39, 0.29) is 5.97 Å². The number of carbonyl (C=O) groups is 1. The van der Waals surface area contributed by atoms with Gasteiger partial charge in [0, 0.05) is 10.9 Å². The fourth-order valence-corrected chi connectivity index (χ4v) is 2.55. The van der Waals surface area contributed by atoms with Gasteiger partial charge in [0.05, 0.1) is 7.11 Å². The Bertz CT molecular complexity index is 762. The standard InChI is InChI=1S/C15H15N3O3/c1-3-11(15(19)20-2)18-12-7-5-4-6-10(12)8-13(18)14-17-16-9-21-14/h4-9,11H,3H2,1-2H3. The number of aromatic nitrogens is 3. The van der Waals surface area contributed by atoms with Crippen LogP contribution in [0.15, 0.2) is 41.1 Å². The van der Waals surface area contributed by atoms with E-state index in [1.165, 1.54) is 13.5 Å². The van der Waals surface area contributed by atoms with Crippen LogP contribution in [0, 0.1) is 0 Å². The van der Waals surface area contributed by atoms with Gasteiger partial charge in [-0.15, -0.1) is 10.2 Å². The molecular formula is C15H15N3O3. The molecule has 21 heavy (non-hydrogen) atoms. The van der Waals surface area contributed by atoms with Crippen LogP contribution in [0.25, 0.3) is 22.5 Å². The van der Waals surface area contributed by atoms with Crippen molar-refractivity contribution in [3.05, 3.63) is 36.7 Å². The highest BCUT2D eigenvalue weighted by atomic mass is 16.5. The minimum atomic E-state index is -0.434. The molecule has 0 spiro atoms. The summed E-state index contributed by atoms with van der Waals surface area (Å²) in [7, 11) is 1.39. The lowest BCUT2D eigenvalue weighted by molar-refractivity contribution is -0.144. The van der Waals surface area contributed by atoms with Crippen molar-refractivity contribution < 1.29 is 13.9 Å². The fourth-order valence-electron chi connectivity index (χ4n) is 2.55. The van der Waals surface area contributed by atoms with Gasteiger partial charge in [-0.2, -0.15) is 0 Å². The average Bonchev–Trinajstić information content (AvgIpc) is 3.15. The molecule has 0 aliphatic heterocycles. The van der Waals surface area contributed by atoms with Crippen molar-refractivity contribution in [3.63, 3.8) is 0 Å². The van der Waals surface area contributed by atoms with Crippen molar-refractivity contribution in [1.29, 1.82) is 0 Å². The van der Waals surface area contributed by atoms with Crippen LogP contribution in [-0.2, 0) is 9.53 Å². The number of esters is 1. The van der Waals surface area contributed by atoms with Crippen LogP contribution >= 0.6 is 0 Å². The quantitative estimate of drug-likeness (QED) is 0.689. The van der Waals surface area contributed by atoms with Gasteiger partial charge in [0.2, 0.25) is 6.39 Å². The lowest BCUT2D eigenvalue weighted by atomic mass is 10.2. The molecule has 0 N–H and O–H groups in total. The molecule has 1 aromatic carbocycles. The van der Waals surface area contributed by atoms with E-state index in [2.05, 4.69) is 10.2 Å². The van der Waals surface area contributed by atoms with Crippen molar-refractivity contribution in [2.75, 3.05) is 7.11 Å². The molecular weight excluding hydrogens is 270 g/mol. The van der Waals surface area contributed by atoms with Gasteiger partial charge < -0.3 is 13.7 Å². The number of fused-ring (bicyclic) bond motifs is 1. The number of rotatable bonds is 4. The van der Waals surface area contributed by atoms with E-state index in [0.29, 0.717) is 18.0 Å². The first-order valence-electron chi connectivity index (χ1n) is 6.70. The van der Waals surface area contributed by atoms with Gasteiger partial charge in [-0.1, -0.05) is 25.1 Å². The van der Waals surface area contributed by atoms with E-state index in [9.17, 15) is 4.79 Å². The lowest BCUT2D eigenvalue weighted by Gasteiger charge is -2.18. The molecule has 6 heteroatoms. The number of carbonyl (C=O) groups excluding carboxylic acids is 1. The van der Waals surface area contributed by atoms with Gasteiger partial charge in [-0.3, -0.25) is 0 Å². The molecule has 0 fully saturated rings. The van der Waals surface area contributed by atoms with E-state index in [4.69, 9.17) is 9.15 Å². The van der Waals surface area contributed by atoms with E-state index < -0.39 is 6.04 Å². The van der Waals surface area contributed by atoms with Crippen molar-refractivity contribution in [1.82, 2.24) is 14.8 Å². The maximum Gasteiger partial charge on any atom is 0.328 e. The van der Waals surface area contributed by atoms with E-state index in [0.717, 1.165) is 10.9 Å². The number of hydrogen-bond donors (Lipinski definition) is 0. The van der Waals surface area contributed by atoms with Crippen LogP contribution in [-0.4, -0.2) is 27.8 Å². The van der Waals surface area contributed by atoms with E-state index in [1.54, 1.807) is 0 Å². The predicted octanol–water partition coefficient (Wildman–Crippen LogP) is 2.82. The van der Waals surface area contributed by atoms with E-state index in [1.807, 2.05) is 41.8 Å². The van der Waals surface area contributed by atoms with Crippen LogP contribution in [0.3, 0.4) is 0 Å². The molecule has 1 unspecified atom stereocenters. The van der Waals surface area contributed by atoms with Crippen molar-refractivity contribution in [3.8, 4) is 11.6 Å². The average molecular weight is 285 g/mol. The molecule has 2 heterocycles. The molecule has 0 amide bonds. The summed E-state index contributed by atoms with van der Waals surface area (Å²) in [5, 5.41) is 8.68. The highest BCUT2D eigenvalue weighted by Gasteiger charge is 2.25. The zero-order chi connectivity index (χ0) is 14.8. The third-order valence-electron chi connectivity index (χ3n) is 3.50. The SMILES string of the molecule is CCC(C(=O)OC)n1c(-c2nnco2)cc2ccccc21. The second-order valence-electron chi connectivity index (χ2n) is 4.65. The fraction of sp³-hybridized carbons (Fsp3) is 0.267. The smallest absolute Gasteiger partial charge is 0.328 e. The van der Waals surface area contributed by atoms with Crippen LogP contribution in [0.5, 0.6) is 0 Å². The molecule has 0 aliphatic rings. The summed E-state index contributed by atoms with van der Waals surface area (Å²) in [5.74, 6) is 0.0909. The minimum Gasteiger partial charge on any atom is -0.467 e. The molecule has 6 nitrogen and oxygen atoms in total. The Balaban J connectivity index is 2.27. The largest absolute Gasteiger partial charge is 0.467 e. The second-order valence-corrected chi connectivity index (χ2v) is 4.65. The summed E-state index contributed by atoms with van der Waals surface area (Å²) >= 11 is 0. The highest BCUT2D eigenvalue weighted by Crippen LogP contribution is 2.32. The van der Waals surface area contributed by atoms with E-state index >= 15 is 0 Å². The molecule has 0 aliphatic carbocycles. The third kappa shape index (κ3) is 2.18. The number of para-hydroxylation sites is 1. The van der Waals surface area contributed by atoms with Crippen molar-refractivity contribution in [2.45, 2.75) is 19.4 Å². The third-order valence-corrected chi connectivity index (χ3v) is 3.50. The molecule has 0 saturated carbocycles. The molecule has 0 radical (unpaired) electrons. The van der Waals surface area contributed by atoms with Crippen molar-refractivity contribution in [2.24, 2.45) is 0 Å². The van der Waals surface area contributed by atoms with Gasteiger partial charge in [0.25, 0.3) is 5.89 Å². The van der Waals surface area contributed by atoms with Gasteiger partial charge in [0.15, 0.2) is 0 Å². The zero-order valence-electron chi connectivity index (χ0n) is 11.8. The number of ether oxygens (including phenoxy) is 1. The minimum absolute atomic E-state index is 0.292. The first kappa shape index (κ1) is 13.4. The Kier molecular flexibility index (Phi) is 3.43. The Morgan fingerprint density at radius 2 is 2.24 bits per heavy atom. The van der Waals surface area contributed by atoms with Crippen LogP contribution < -0.4 is 0 Å². The molecule has 108 valence electrons. The number of methoxy groups -OCH3 is 1. The summed E-state index contributed by atoms with van der Waals surface area (Å²) in [6, 6.07) is 9.33. The summed E-state index contributed by atoms with van der Waals surface area (Å²) in [6.07, 6.45) is 1.88. The predicted molar refractivity (Wildman–Crippen MR) is 76.6 cm³/mol. The summed E-state index contributed by atoms with van der Waals surface area (Å²) < 4.78 is 12.1. The lowest BCUT2D eigenvalue weighted by Crippen LogP contribution is -2.20. The molecule has 3 rings (SSSR count). The Morgan fingerprint density at radius 1 is 1.43 bits per heavy atom. The van der Waals surface area contributed by atoms with Gasteiger partial charge in [-0.05, 0) is 18.6 Å². The molecule has 0 saturated heterocycles. The molecule has 1 atom stereocenters. The monoisotopic (exact) mass is 285 g/mol. The van der Waals surface area contributed by atoms with Crippen molar-refractivity contribution >= 4 is 16.9 Å². The first-order valence-corrected chi connectivity index (χ1v) is 6.70. The summed E-state index contributed by atoms with van der Waals surface area (Å²) in [5.41, 5.74) is 1.65. The molecule has 3 aromatic rings. The number of benzene rings is 1. The van der Waals surface area contributed by atoms with Gasteiger partial charge in [-0.25, -0.2) is 4.79 Å². The Labute approximate surface area is 121 Å². The molecule has 0 bridgehead atoms. The highest BCUT2D eigenvalue weighted by molar-refractivity contribution is 5.88. The maximum atomic E-state index is 12.1.